The zero-order valence-electron chi connectivity index (χ0n) is 12.2. The van der Waals surface area contributed by atoms with Crippen molar-refractivity contribution < 1.29 is 0 Å². The molecule has 0 bridgehead atoms. The van der Waals surface area contributed by atoms with Crippen molar-refractivity contribution in [3.05, 3.63) is 54.2 Å². The summed E-state index contributed by atoms with van der Waals surface area (Å²) >= 11 is 0. The van der Waals surface area contributed by atoms with Gasteiger partial charge in [0.1, 0.15) is 0 Å². The first-order valence-corrected chi connectivity index (χ1v) is 6.93. The van der Waals surface area contributed by atoms with Crippen molar-refractivity contribution in [3.8, 4) is 11.1 Å². The third kappa shape index (κ3) is 2.18. The number of fused-ring (bicyclic) bond motifs is 1. The Labute approximate surface area is 119 Å². The van der Waals surface area contributed by atoms with Gasteiger partial charge < -0.3 is 10.7 Å². The molecular formula is C18H20N2. The molecule has 20 heavy (non-hydrogen) atoms. The Balaban J connectivity index is 2.04. The number of benzene rings is 2. The lowest BCUT2D eigenvalue weighted by molar-refractivity contribution is 0.590. The summed E-state index contributed by atoms with van der Waals surface area (Å²) in [5.41, 5.74) is 11.8. The number of H-pyrrole nitrogens is 1. The second kappa shape index (κ2) is 4.41. The summed E-state index contributed by atoms with van der Waals surface area (Å²) in [7, 11) is 0. The fourth-order valence-corrected chi connectivity index (χ4v) is 2.48. The number of nitrogens with two attached hydrogens (primary N) is 1. The van der Waals surface area contributed by atoms with E-state index in [2.05, 4.69) is 68.2 Å². The van der Waals surface area contributed by atoms with Crippen LogP contribution in [0.1, 0.15) is 26.3 Å². The predicted octanol–water partition coefficient (Wildman–Crippen LogP) is 4.71. The van der Waals surface area contributed by atoms with Crippen molar-refractivity contribution >= 4 is 16.6 Å². The van der Waals surface area contributed by atoms with Crippen LogP contribution in [-0.4, -0.2) is 4.98 Å². The van der Waals surface area contributed by atoms with E-state index in [1.807, 2.05) is 6.20 Å². The normalized spacial score (nSPS) is 11.9. The van der Waals surface area contributed by atoms with Crippen LogP contribution in [0.2, 0.25) is 0 Å². The van der Waals surface area contributed by atoms with Gasteiger partial charge in [0, 0.05) is 17.1 Å². The molecule has 0 aliphatic carbocycles. The molecule has 3 N–H and O–H groups in total. The van der Waals surface area contributed by atoms with E-state index in [1.165, 1.54) is 16.7 Å². The molecule has 1 heterocycles. The first-order chi connectivity index (χ1) is 9.45. The Bertz CT molecular complexity index is 743. The van der Waals surface area contributed by atoms with Gasteiger partial charge in [0.2, 0.25) is 0 Å². The van der Waals surface area contributed by atoms with Gasteiger partial charge in [0.25, 0.3) is 0 Å². The average Bonchev–Trinajstić information content (AvgIpc) is 2.79. The van der Waals surface area contributed by atoms with Crippen LogP contribution in [-0.2, 0) is 5.41 Å². The Morgan fingerprint density at radius 3 is 2.20 bits per heavy atom. The number of nitrogen functional groups attached to an aromatic ring is 1. The van der Waals surface area contributed by atoms with Crippen molar-refractivity contribution in [3.63, 3.8) is 0 Å². The summed E-state index contributed by atoms with van der Waals surface area (Å²) in [4.78, 5) is 3.17. The highest BCUT2D eigenvalue weighted by molar-refractivity contribution is 5.94. The van der Waals surface area contributed by atoms with Crippen LogP contribution >= 0.6 is 0 Å². The molecule has 102 valence electrons. The van der Waals surface area contributed by atoms with E-state index in [9.17, 15) is 0 Å². The summed E-state index contributed by atoms with van der Waals surface area (Å²) in [6.45, 7) is 6.69. The van der Waals surface area contributed by atoms with E-state index in [4.69, 9.17) is 5.73 Å². The van der Waals surface area contributed by atoms with Crippen LogP contribution in [0, 0.1) is 0 Å². The summed E-state index contributed by atoms with van der Waals surface area (Å²) in [6, 6.07) is 15.1. The van der Waals surface area contributed by atoms with Gasteiger partial charge in [-0.1, -0.05) is 51.1 Å². The molecule has 2 aromatic carbocycles. The molecule has 0 fully saturated rings. The molecule has 0 saturated heterocycles. The zero-order valence-corrected chi connectivity index (χ0v) is 12.2. The largest absolute Gasteiger partial charge is 0.397 e. The van der Waals surface area contributed by atoms with Crippen molar-refractivity contribution in [1.82, 2.24) is 4.98 Å². The van der Waals surface area contributed by atoms with Gasteiger partial charge in [-0.2, -0.15) is 0 Å². The number of aromatic nitrogens is 1. The molecule has 0 spiro atoms. The van der Waals surface area contributed by atoms with E-state index in [0.717, 1.165) is 16.6 Å². The highest BCUT2D eigenvalue weighted by atomic mass is 14.7. The van der Waals surface area contributed by atoms with Crippen LogP contribution < -0.4 is 5.73 Å². The van der Waals surface area contributed by atoms with Crippen molar-refractivity contribution in [2.45, 2.75) is 26.2 Å². The maximum Gasteiger partial charge on any atom is 0.0572 e. The molecule has 0 amide bonds. The monoisotopic (exact) mass is 264 g/mol. The third-order valence-electron chi connectivity index (χ3n) is 3.80. The predicted molar refractivity (Wildman–Crippen MR) is 86.8 cm³/mol. The number of nitrogens with one attached hydrogen (secondary N) is 1. The quantitative estimate of drug-likeness (QED) is 0.656. The minimum atomic E-state index is 0.188. The van der Waals surface area contributed by atoms with Gasteiger partial charge in [-0.3, -0.25) is 0 Å². The van der Waals surface area contributed by atoms with Crippen LogP contribution in [0.5, 0.6) is 0 Å². The molecule has 0 atom stereocenters. The van der Waals surface area contributed by atoms with Crippen molar-refractivity contribution in [2.24, 2.45) is 0 Å². The van der Waals surface area contributed by atoms with Crippen molar-refractivity contribution in [1.29, 1.82) is 0 Å². The Kier molecular flexibility index (Phi) is 2.82. The minimum Gasteiger partial charge on any atom is -0.397 e. The van der Waals surface area contributed by atoms with Crippen LogP contribution in [0.25, 0.3) is 22.0 Å². The molecule has 0 unspecified atom stereocenters. The lowest BCUT2D eigenvalue weighted by Crippen LogP contribution is -2.10. The number of rotatable bonds is 1. The van der Waals surface area contributed by atoms with Crippen LogP contribution in [0.3, 0.4) is 0 Å². The van der Waals surface area contributed by atoms with Crippen LogP contribution in [0.4, 0.5) is 5.69 Å². The molecular weight excluding hydrogens is 244 g/mol. The Hall–Kier alpha value is -2.22. The standard InChI is InChI=1S/C18H20N2/c1-18(2,3)14-7-4-12(5-8-14)13-6-9-17-15(10-13)16(19)11-20-17/h4-11,20H,19H2,1-3H3. The minimum absolute atomic E-state index is 0.188. The molecule has 0 saturated carbocycles. The van der Waals surface area contributed by atoms with Crippen LogP contribution in [0.15, 0.2) is 48.7 Å². The number of hydrogen-bond donors (Lipinski definition) is 2. The van der Waals surface area contributed by atoms with Gasteiger partial charge in [-0.25, -0.2) is 0 Å². The van der Waals surface area contributed by atoms with Gasteiger partial charge >= 0.3 is 0 Å². The third-order valence-corrected chi connectivity index (χ3v) is 3.80. The number of anilines is 1. The molecule has 3 rings (SSSR count). The Morgan fingerprint density at radius 1 is 0.900 bits per heavy atom. The summed E-state index contributed by atoms with van der Waals surface area (Å²) < 4.78 is 0. The summed E-state index contributed by atoms with van der Waals surface area (Å²) in [5, 5.41) is 1.09. The zero-order chi connectivity index (χ0) is 14.3. The van der Waals surface area contributed by atoms with E-state index in [-0.39, 0.29) is 5.41 Å². The van der Waals surface area contributed by atoms with E-state index >= 15 is 0 Å². The molecule has 0 aliphatic rings. The molecule has 1 aromatic heterocycles. The van der Waals surface area contributed by atoms with E-state index < -0.39 is 0 Å². The van der Waals surface area contributed by atoms with E-state index in [1.54, 1.807) is 0 Å². The molecule has 3 aromatic rings. The van der Waals surface area contributed by atoms with Gasteiger partial charge in [-0.15, -0.1) is 0 Å². The maximum absolute atomic E-state index is 5.97. The topological polar surface area (TPSA) is 41.8 Å². The smallest absolute Gasteiger partial charge is 0.0572 e. The summed E-state index contributed by atoms with van der Waals surface area (Å²) in [6.07, 6.45) is 1.84. The highest BCUT2D eigenvalue weighted by Gasteiger charge is 2.13. The Morgan fingerprint density at radius 2 is 1.55 bits per heavy atom. The summed E-state index contributed by atoms with van der Waals surface area (Å²) in [5.74, 6) is 0. The van der Waals surface area contributed by atoms with E-state index in [0.29, 0.717) is 0 Å². The first-order valence-electron chi connectivity index (χ1n) is 6.93. The molecule has 0 aliphatic heterocycles. The van der Waals surface area contributed by atoms with Gasteiger partial charge in [0.05, 0.1) is 5.69 Å². The number of aromatic amines is 1. The first kappa shape index (κ1) is 12.8. The van der Waals surface area contributed by atoms with Gasteiger partial charge in [-0.05, 0) is 34.2 Å². The SMILES string of the molecule is CC(C)(C)c1ccc(-c2ccc3[nH]cc(N)c3c2)cc1. The lowest BCUT2D eigenvalue weighted by Gasteiger charge is -2.19. The number of hydrogen-bond acceptors (Lipinski definition) is 1. The lowest BCUT2D eigenvalue weighted by atomic mass is 9.86. The fraction of sp³-hybridized carbons (Fsp3) is 0.222. The molecule has 2 heteroatoms. The molecule has 2 nitrogen and oxygen atoms in total. The maximum atomic E-state index is 5.97. The van der Waals surface area contributed by atoms with Crippen molar-refractivity contribution in [2.75, 3.05) is 5.73 Å². The molecule has 0 radical (unpaired) electrons. The second-order valence-electron chi connectivity index (χ2n) is 6.33. The fourth-order valence-electron chi connectivity index (χ4n) is 2.48. The van der Waals surface area contributed by atoms with Gasteiger partial charge in [0.15, 0.2) is 0 Å². The average molecular weight is 264 g/mol. The highest BCUT2D eigenvalue weighted by Crippen LogP contribution is 2.29. The second-order valence-corrected chi connectivity index (χ2v) is 6.33.